The number of benzene rings is 2. The minimum atomic E-state index is -0.128. The molecule has 8 heteroatoms. The van der Waals surface area contributed by atoms with Crippen LogP contribution in [-0.4, -0.2) is 21.9 Å². The van der Waals surface area contributed by atoms with Crippen LogP contribution in [-0.2, 0) is 4.79 Å². The molecule has 1 amide bonds. The van der Waals surface area contributed by atoms with Gasteiger partial charge in [0, 0.05) is 19.8 Å². The van der Waals surface area contributed by atoms with Crippen molar-refractivity contribution in [1.82, 2.24) is 10.2 Å². The summed E-state index contributed by atoms with van der Waals surface area (Å²) >= 11 is 9.38. The molecule has 0 aliphatic carbocycles. The second-order valence-corrected chi connectivity index (χ2v) is 7.79. The number of carbonyl (C=O) groups excluding carboxylic acids is 1. The number of aryl methyl sites for hydroxylation is 1. The lowest BCUT2D eigenvalue weighted by Gasteiger charge is -2.07. The van der Waals surface area contributed by atoms with Crippen molar-refractivity contribution in [3.63, 3.8) is 0 Å². The zero-order valence-electron chi connectivity index (χ0n) is 13.1. The lowest BCUT2D eigenvalue weighted by Crippen LogP contribution is -2.14. The molecule has 2 aromatic carbocycles. The van der Waals surface area contributed by atoms with Crippen LogP contribution < -0.4 is 5.32 Å². The molecule has 0 spiro atoms. The first-order valence-corrected chi connectivity index (χ1v) is 9.74. The SMILES string of the molecule is Cc1cc(I)ccc1NC(=O)CSc1nnc(-c2cccc(Cl)c2)o1. The highest BCUT2D eigenvalue weighted by atomic mass is 127. The van der Waals surface area contributed by atoms with Crippen LogP contribution in [0.25, 0.3) is 11.5 Å². The summed E-state index contributed by atoms with van der Waals surface area (Å²) in [5.41, 5.74) is 2.56. The van der Waals surface area contributed by atoms with Crippen LogP contribution in [0.2, 0.25) is 5.02 Å². The van der Waals surface area contributed by atoms with E-state index >= 15 is 0 Å². The fraction of sp³-hybridized carbons (Fsp3) is 0.118. The topological polar surface area (TPSA) is 68.0 Å². The maximum absolute atomic E-state index is 12.1. The average molecular weight is 486 g/mol. The number of amides is 1. The monoisotopic (exact) mass is 485 g/mol. The summed E-state index contributed by atoms with van der Waals surface area (Å²) in [7, 11) is 0. The van der Waals surface area contributed by atoms with Gasteiger partial charge in [-0.05, 0) is 71.5 Å². The van der Waals surface area contributed by atoms with E-state index in [1.54, 1.807) is 12.1 Å². The molecule has 128 valence electrons. The molecule has 0 saturated heterocycles. The van der Waals surface area contributed by atoms with Crippen molar-refractivity contribution in [2.45, 2.75) is 12.1 Å². The highest BCUT2D eigenvalue weighted by molar-refractivity contribution is 14.1. The van der Waals surface area contributed by atoms with E-state index in [0.29, 0.717) is 16.1 Å². The Morgan fingerprint density at radius 1 is 1.28 bits per heavy atom. The van der Waals surface area contributed by atoms with Crippen LogP contribution in [0.3, 0.4) is 0 Å². The van der Waals surface area contributed by atoms with E-state index in [0.717, 1.165) is 20.4 Å². The van der Waals surface area contributed by atoms with Crippen molar-refractivity contribution in [3.05, 3.63) is 56.6 Å². The predicted octanol–water partition coefficient (Wildman–Crippen LogP) is 5.03. The summed E-state index contributed by atoms with van der Waals surface area (Å²) in [6.45, 7) is 1.96. The van der Waals surface area contributed by atoms with Gasteiger partial charge >= 0.3 is 0 Å². The largest absolute Gasteiger partial charge is 0.411 e. The zero-order valence-corrected chi connectivity index (χ0v) is 16.9. The smallest absolute Gasteiger partial charge is 0.277 e. The molecule has 0 bridgehead atoms. The Kier molecular flexibility index (Phi) is 5.98. The highest BCUT2D eigenvalue weighted by Gasteiger charge is 2.12. The molecule has 0 saturated carbocycles. The van der Waals surface area contributed by atoms with Crippen molar-refractivity contribution in [2.24, 2.45) is 0 Å². The Labute approximate surface area is 167 Å². The Hall–Kier alpha value is -1.58. The Morgan fingerprint density at radius 2 is 2.12 bits per heavy atom. The fourth-order valence-corrected chi connectivity index (χ4v) is 3.49. The van der Waals surface area contributed by atoms with E-state index in [-0.39, 0.29) is 11.7 Å². The highest BCUT2D eigenvalue weighted by Crippen LogP contribution is 2.25. The van der Waals surface area contributed by atoms with Gasteiger partial charge in [0.2, 0.25) is 11.8 Å². The molecule has 1 aromatic heterocycles. The Morgan fingerprint density at radius 3 is 2.88 bits per heavy atom. The van der Waals surface area contributed by atoms with E-state index in [4.69, 9.17) is 16.0 Å². The van der Waals surface area contributed by atoms with Gasteiger partial charge < -0.3 is 9.73 Å². The number of anilines is 1. The van der Waals surface area contributed by atoms with Gasteiger partial charge in [0.1, 0.15) is 0 Å². The second kappa shape index (κ2) is 8.20. The average Bonchev–Trinajstić information content (AvgIpc) is 3.05. The number of hydrogen-bond acceptors (Lipinski definition) is 5. The number of carbonyl (C=O) groups is 1. The quantitative estimate of drug-likeness (QED) is 0.405. The van der Waals surface area contributed by atoms with Crippen molar-refractivity contribution < 1.29 is 9.21 Å². The minimum Gasteiger partial charge on any atom is -0.411 e. The second-order valence-electron chi connectivity index (χ2n) is 5.18. The van der Waals surface area contributed by atoms with Gasteiger partial charge in [-0.15, -0.1) is 10.2 Å². The number of nitrogens with one attached hydrogen (secondary N) is 1. The van der Waals surface area contributed by atoms with Crippen LogP contribution in [0.15, 0.2) is 52.1 Å². The molecule has 0 aliphatic heterocycles. The van der Waals surface area contributed by atoms with Gasteiger partial charge in [0.15, 0.2) is 0 Å². The van der Waals surface area contributed by atoms with Gasteiger partial charge in [0.25, 0.3) is 5.22 Å². The summed E-state index contributed by atoms with van der Waals surface area (Å²) in [4.78, 5) is 12.1. The zero-order chi connectivity index (χ0) is 17.8. The number of halogens is 2. The molecule has 0 atom stereocenters. The van der Waals surface area contributed by atoms with Crippen molar-refractivity contribution >= 4 is 57.5 Å². The molecule has 0 fully saturated rings. The van der Waals surface area contributed by atoms with Crippen LogP contribution in [0, 0.1) is 10.5 Å². The molecule has 1 N–H and O–H groups in total. The molecule has 5 nitrogen and oxygen atoms in total. The summed E-state index contributed by atoms with van der Waals surface area (Å²) < 4.78 is 6.69. The predicted molar refractivity (Wildman–Crippen MR) is 108 cm³/mol. The summed E-state index contributed by atoms with van der Waals surface area (Å²) in [6.07, 6.45) is 0. The van der Waals surface area contributed by atoms with Crippen molar-refractivity contribution in [2.75, 3.05) is 11.1 Å². The van der Waals surface area contributed by atoms with E-state index in [2.05, 4.69) is 38.1 Å². The molecule has 3 aromatic rings. The molecule has 0 unspecified atom stereocenters. The van der Waals surface area contributed by atoms with Crippen LogP contribution in [0.4, 0.5) is 5.69 Å². The van der Waals surface area contributed by atoms with E-state index in [1.165, 1.54) is 11.8 Å². The first-order chi connectivity index (χ1) is 12.0. The van der Waals surface area contributed by atoms with Crippen molar-refractivity contribution in [3.8, 4) is 11.5 Å². The Balaban J connectivity index is 1.59. The van der Waals surface area contributed by atoms with E-state index in [9.17, 15) is 4.79 Å². The maximum atomic E-state index is 12.1. The first kappa shape index (κ1) is 18.2. The molecule has 3 rings (SSSR count). The van der Waals surface area contributed by atoms with E-state index in [1.807, 2.05) is 37.3 Å². The summed E-state index contributed by atoms with van der Waals surface area (Å²) in [5.74, 6) is 0.429. The van der Waals surface area contributed by atoms with Gasteiger partial charge in [-0.2, -0.15) is 0 Å². The van der Waals surface area contributed by atoms with Gasteiger partial charge in [-0.1, -0.05) is 29.4 Å². The molecule has 1 heterocycles. The number of aromatic nitrogens is 2. The number of rotatable bonds is 5. The normalized spacial score (nSPS) is 10.7. The van der Waals surface area contributed by atoms with Crippen molar-refractivity contribution in [1.29, 1.82) is 0 Å². The lowest BCUT2D eigenvalue weighted by molar-refractivity contribution is -0.113. The van der Waals surface area contributed by atoms with E-state index < -0.39 is 0 Å². The third-order valence-electron chi connectivity index (χ3n) is 3.27. The standard InChI is InChI=1S/C17H13ClIN3O2S/c1-10-7-13(19)5-6-14(10)20-15(23)9-25-17-22-21-16(24-17)11-3-2-4-12(18)8-11/h2-8H,9H2,1H3,(H,20,23). The number of thioether (sulfide) groups is 1. The number of nitrogens with zero attached hydrogens (tertiary/aromatic N) is 2. The van der Waals surface area contributed by atoms with Crippen LogP contribution in [0.5, 0.6) is 0 Å². The Bertz CT molecular complexity index is 916. The number of hydrogen-bond donors (Lipinski definition) is 1. The third kappa shape index (κ3) is 4.96. The minimum absolute atomic E-state index is 0.128. The van der Waals surface area contributed by atoms with Crippen LogP contribution in [0.1, 0.15) is 5.56 Å². The van der Waals surface area contributed by atoms with Gasteiger partial charge in [-0.3, -0.25) is 4.79 Å². The van der Waals surface area contributed by atoms with Gasteiger partial charge in [0.05, 0.1) is 5.75 Å². The molecular weight excluding hydrogens is 473 g/mol. The van der Waals surface area contributed by atoms with Gasteiger partial charge in [-0.25, -0.2) is 0 Å². The summed E-state index contributed by atoms with van der Waals surface area (Å²) in [6, 6.07) is 13.0. The molecular formula is C17H13ClIN3O2S. The summed E-state index contributed by atoms with van der Waals surface area (Å²) in [5, 5.41) is 11.8. The lowest BCUT2D eigenvalue weighted by atomic mass is 10.2. The maximum Gasteiger partial charge on any atom is 0.277 e. The fourth-order valence-electron chi connectivity index (χ4n) is 2.09. The molecule has 0 aliphatic rings. The first-order valence-electron chi connectivity index (χ1n) is 7.29. The third-order valence-corrected chi connectivity index (χ3v) is 4.99. The van der Waals surface area contributed by atoms with Crippen LogP contribution >= 0.6 is 46.0 Å². The molecule has 0 radical (unpaired) electrons. The molecule has 25 heavy (non-hydrogen) atoms.